The van der Waals surface area contributed by atoms with Crippen molar-refractivity contribution in [2.75, 3.05) is 0 Å². The van der Waals surface area contributed by atoms with E-state index in [-0.39, 0.29) is 72.0 Å². The first kappa shape index (κ1) is 32.0. The van der Waals surface area contributed by atoms with Crippen molar-refractivity contribution in [2.24, 2.45) is 11.5 Å². The van der Waals surface area contributed by atoms with Crippen LogP contribution in [0.2, 0.25) is 0 Å². The molecule has 1 amide bonds. The molecule has 11 heteroatoms. The van der Waals surface area contributed by atoms with E-state index in [0.717, 1.165) is 13.8 Å². The van der Waals surface area contributed by atoms with Gasteiger partial charge in [-0.3, -0.25) is 19.2 Å². The van der Waals surface area contributed by atoms with Gasteiger partial charge < -0.3 is 26.8 Å². The Morgan fingerprint density at radius 3 is 1.35 bits per heavy atom. The summed E-state index contributed by atoms with van der Waals surface area (Å²) in [5.41, 5.74) is 9.81. The summed E-state index contributed by atoms with van der Waals surface area (Å²) in [7, 11) is 0. The number of rotatable bonds is 4. The van der Waals surface area contributed by atoms with Crippen LogP contribution < -0.4 is 11.5 Å². The fraction of sp³-hybridized carbons (Fsp3) is 0.556. The van der Waals surface area contributed by atoms with Crippen LogP contribution in [-0.2, 0) is 19.2 Å². The molecule has 0 unspecified atom stereocenters. The van der Waals surface area contributed by atoms with Gasteiger partial charge in [0.2, 0.25) is 5.91 Å². The number of carbonyl (C=O) groups is 4. The van der Waals surface area contributed by atoms with Gasteiger partial charge in [-0.25, -0.2) is 0 Å². The summed E-state index contributed by atoms with van der Waals surface area (Å²) in [6.07, 6.45) is 0.123. The molecule has 9 nitrogen and oxygen atoms in total. The average Bonchev–Trinajstić information content (AvgIpc) is 2.11. The Balaban J connectivity index is -0.0000000637. The number of hydrogen-bond donors (Lipinski definition) is 5. The SMILES string of the molecule is CC(=O)O.CC(=O)O.NC(=O)CC[C@H](N)C(=O)O.[NaH].[NaH]. The third kappa shape index (κ3) is 64.7. The van der Waals surface area contributed by atoms with Crippen LogP contribution in [0.25, 0.3) is 0 Å². The molecule has 0 spiro atoms. The third-order valence-corrected chi connectivity index (χ3v) is 1.02. The number of hydrogen-bond acceptors (Lipinski definition) is 5. The van der Waals surface area contributed by atoms with Crippen molar-refractivity contribution in [1.82, 2.24) is 0 Å². The van der Waals surface area contributed by atoms with Gasteiger partial charge in [-0.05, 0) is 6.42 Å². The number of carboxylic acid groups (broad SMARTS) is 3. The van der Waals surface area contributed by atoms with E-state index in [0.29, 0.717) is 0 Å². The molecule has 0 aromatic carbocycles. The topological polar surface area (TPSA) is 181 Å². The van der Waals surface area contributed by atoms with Gasteiger partial charge in [-0.15, -0.1) is 0 Å². The van der Waals surface area contributed by atoms with Crippen molar-refractivity contribution in [3.05, 3.63) is 0 Å². The molecule has 0 saturated heterocycles. The fourth-order valence-corrected chi connectivity index (χ4v) is 0.421. The first-order valence-electron chi connectivity index (χ1n) is 4.66. The summed E-state index contributed by atoms with van der Waals surface area (Å²) in [6, 6.07) is -0.979. The van der Waals surface area contributed by atoms with Crippen LogP contribution in [0.1, 0.15) is 26.7 Å². The molecular weight excluding hydrogens is 294 g/mol. The van der Waals surface area contributed by atoms with Crippen molar-refractivity contribution in [3.63, 3.8) is 0 Å². The third-order valence-electron chi connectivity index (χ3n) is 1.02. The molecule has 7 N–H and O–H groups in total. The van der Waals surface area contributed by atoms with E-state index in [4.69, 9.17) is 36.4 Å². The van der Waals surface area contributed by atoms with Gasteiger partial charge in [0.15, 0.2) is 0 Å². The van der Waals surface area contributed by atoms with E-state index in [1.807, 2.05) is 0 Å². The Hall–Kier alpha value is -0.160. The van der Waals surface area contributed by atoms with Crippen molar-refractivity contribution in [1.29, 1.82) is 0 Å². The number of nitrogens with two attached hydrogens (primary N) is 2. The number of primary amides is 1. The van der Waals surface area contributed by atoms with Crippen LogP contribution in [-0.4, -0.2) is 104 Å². The van der Waals surface area contributed by atoms with Gasteiger partial charge >= 0.3 is 65.1 Å². The van der Waals surface area contributed by atoms with E-state index < -0.39 is 29.9 Å². The first-order valence-corrected chi connectivity index (χ1v) is 4.66. The maximum atomic E-state index is 10.1. The number of carboxylic acids is 3. The van der Waals surface area contributed by atoms with Gasteiger partial charge in [0.05, 0.1) is 0 Å². The molecule has 0 aliphatic heterocycles. The molecular formula is C9H20N2Na2O7. The second-order valence-electron chi connectivity index (χ2n) is 2.99. The van der Waals surface area contributed by atoms with Crippen molar-refractivity contribution < 1.29 is 34.5 Å². The monoisotopic (exact) mass is 314 g/mol. The number of carbonyl (C=O) groups excluding carboxylic acids is 1. The van der Waals surface area contributed by atoms with E-state index in [9.17, 15) is 9.59 Å². The minimum absolute atomic E-state index is 0. The predicted molar refractivity (Wildman–Crippen MR) is 75.0 cm³/mol. The maximum absolute atomic E-state index is 10.1. The van der Waals surface area contributed by atoms with Crippen LogP contribution in [0, 0.1) is 0 Å². The summed E-state index contributed by atoms with van der Waals surface area (Å²) in [6.45, 7) is 2.17. The van der Waals surface area contributed by atoms with E-state index in [2.05, 4.69) is 0 Å². The van der Waals surface area contributed by atoms with Gasteiger partial charge in [0.1, 0.15) is 6.04 Å². The number of aliphatic carboxylic acids is 3. The van der Waals surface area contributed by atoms with Gasteiger partial charge in [-0.2, -0.15) is 0 Å². The molecule has 0 aliphatic rings. The first-order chi connectivity index (χ1) is 8.00. The van der Waals surface area contributed by atoms with E-state index >= 15 is 0 Å². The molecule has 0 aromatic rings. The summed E-state index contributed by atoms with van der Waals surface area (Å²) >= 11 is 0. The van der Waals surface area contributed by atoms with Crippen LogP contribution in [0.5, 0.6) is 0 Å². The van der Waals surface area contributed by atoms with Crippen molar-refractivity contribution in [3.8, 4) is 0 Å². The molecule has 0 bridgehead atoms. The van der Waals surface area contributed by atoms with Crippen molar-refractivity contribution >= 4 is 82.9 Å². The Bertz CT molecular complexity index is 280. The molecule has 0 radical (unpaired) electrons. The average molecular weight is 314 g/mol. The molecule has 0 saturated carbocycles. The summed E-state index contributed by atoms with van der Waals surface area (Å²) in [5, 5.41) is 23.1. The van der Waals surface area contributed by atoms with Crippen LogP contribution in [0.4, 0.5) is 0 Å². The summed E-state index contributed by atoms with van der Waals surface area (Å²) < 4.78 is 0. The van der Waals surface area contributed by atoms with Gasteiger partial charge in [0.25, 0.3) is 11.9 Å². The summed E-state index contributed by atoms with van der Waals surface area (Å²) in [5.74, 6) is -3.31. The molecule has 20 heavy (non-hydrogen) atoms. The molecule has 0 aliphatic carbocycles. The molecule has 0 fully saturated rings. The molecule has 0 rings (SSSR count). The zero-order chi connectivity index (χ0) is 15.3. The normalized spacial score (nSPS) is 8.75. The van der Waals surface area contributed by atoms with Crippen LogP contribution in [0.3, 0.4) is 0 Å². The van der Waals surface area contributed by atoms with Crippen molar-refractivity contribution in [2.45, 2.75) is 32.7 Å². The van der Waals surface area contributed by atoms with Gasteiger partial charge in [0, 0.05) is 20.3 Å². The standard InChI is InChI=1S/C5H10N2O3.2C2H4O2.2Na.2H/c6-3(5(9)10)1-2-4(7)8;2*1-2(3)4;;;;/h3H,1-2,6H2,(H2,7,8)(H,9,10);2*1H3,(H,3,4);;;;/t3-;;;;;;/m0....../s1. The number of amides is 1. The summed E-state index contributed by atoms with van der Waals surface area (Å²) in [4.78, 5) is 38.1. The molecule has 0 heterocycles. The molecule has 1 atom stereocenters. The second kappa shape index (κ2) is 21.1. The quantitative estimate of drug-likeness (QED) is 0.354. The predicted octanol–water partition coefficient (Wildman–Crippen LogP) is -2.45. The molecule has 110 valence electrons. The Morgan fingerprint density at radius 2 is 1.20 bits per heavy atom. The zero-order valence-corrected chi connectivity index (χ0v) is 10.1. The van der Waals surface area contributed by atoms with Crippen LogP contribution >= 0.6 is 0 Å². The van der Waals surface area contributed by atoms with E-state index in [1.165, 1.54) is 0 Å². The Labute approximate surface area is 160 Å². The Kier molecular flexibility index (Phi) is 33.8. The minimum atomic E-state index is -1.11. The van der Waals surface area contributed by atoms with Crippen LogP contribution in [0.15, 0.2) is 0 Å². The fourth-order valence-electron chi connectivity index (χ4n) is 0.421. The van der Waals surface area contributed by atoms with Gasteiger partial charge in [-0.1, -0.05) is 0 Å². The molecule has 0 aromatic heterocycles. The van der Waals surface area contributed by atoms with E-state index in [1.54, 1.807) is 0 Å². The second-order valence-corrected chi connectivity index (χ2v) is 2.99. The zero-order valence-electron chi connectivity index (χ0n) is 10.1. The Morgan fingerprint density at radius 1 is 0.950 bits per heavy atom.